The maximum Gasteiger partial charge on any atom is 0.222 e. The van der Waals surface area contributed by atoms with E-state index in [-0.39, 0.29) is 5.91 Å². The number of hydrogen-bond donors (Lipinski definition) is 0. The van der Waals surface area contributed by atoms with Crippen LogP contribution in [0, 0.1) is 0 Å². The molecule has 146 valence electrons. The van der Waals surface area contributed by atoms with Crippen molar-refractivity contribution < 1.29 is 14.3 Å². The molecule has 2 aromatic rings. The highest BCUT2D eigenvalue weighted by atomic mass is 35.5. The zero-order chi connectivity index (χ0) is 19.2. The highest BCUT2D eigenvalue weighted by molar-refractivity contribution is 7.16. The number of benzene rings is 1. The fourth-order valence-electron chi connectivity index (χ4n) is 3.26. The summed E-state index contributed by atoms with van der Waals surface area (Å²) < 4.78 is 11.4. The van der Waals surface area contributed by atoms with Crippen molar-refractivity contribution in [3.05, 3.63) is 45.1 Å². The van der Waals surface area contributed by atoms with Gasteiger partial charge in [0.25, 0.3) is 0 Å². The molecule has 1 saturated heterocycles. The van der Waals surface area contributed by atoms with Crippen LogP contribution in [0.2, 0.25) is 4.34 Å². The molecule has 1 aliphatic heterocycles. The molecular formula is C20H25ClN2O3S. The first kappa shape index (κ1) is 20.0. The lowest BCUT2D eigenvalue weighted by atomic mass is 10.1. The molecule has 0 saturated carbocycles. The van der Waals surface area contributed by atoms with E-state index in [0.29, 0.717) is 24.3 Å². The Morgan fingerprint density at radius 3 is 2.44 bits per heavy atom. The number of thiophene rings is 1. The van der Waals surface area contributed by atoms with Gasteiger partial charge in [0.2, 0.25) is 5.91 Å². The summed E-state index contributed by atoms with van der Waals surface area (Å²) in [6.45, 7) is 4.27. The zero-order valence-corrected chi connectivity index (χ0v) is 17.3. The number of nitrogens with zero attached hydrogens (tertiary/aromatic N) is 2. The standard InChI is InChI=1S/C20H25ClN2O3S/c1-25-17-6-3-15(13-18(17)26-2)4-8-20(24)23-11-9-22(10-12-23)14-16-5-7-19(21)27-16/h3,5-7,13H,4,8-12,14H2,1-2H3. The number of carbonyl (C=O) groups is 1. The number of amides is 1. The van der Waals surface area contributed by atoms with Crippen molar-refractivity contribution in [1.82, 2.24) is 9.80 Å². The van der Waals surface area contributed by atoms with Crippen molar-refractivity contribution in [1.29, 1.82) is 0 Å². The van der Waals surface area contributed by atoms with Crippen molar-refractivity contribution in [3.8, 4) is 11.5 Å². The smallest absolute Gasteiger partial charge is 0.222 e. The van der Waals surface area contributed by atoms with Gasteiger partial charge in [-0.15, -0.1) is 11.3 Å². The quantitative estimate of drug-likeness (QED) is 0.700. The average Bonchev–Trinajstić information content (AvgIpc) is 3.11. The van der Waals surface area contributed by atoms with E-state index in [1.165, 1.54) is 4.88 Å². The number of halogens is 1. The molecule has 1 aromatic carbocycles. The van der Waals surface area contributed by atoms with Crippen molar-refractivity contribution in [2.75, 3.05) is 40.4 Å². The number of rotatable bonds is 7. The molecule has 0 bridgehead atoms. The van der Waals surface area contributed by atoms with Gasteiger partial charge in [-0.05, 0) is 36.2 Å². The maximum atomic E-state index is 12.6. The molecule has 1 aromatic heterocycles. The molecular weight excluding hydrogens is 384 g/mol. The number of ether oxygens (including phenoxy) is 2. The molecule has 27 heavy (non-hydrogen) atoms. The van der Waals surface area contributed by atoms with Gasteiger partial charge >= 0.3 is 0 Å². The van der Waals surface area contributed by atoms with Crippen LogP contribution in [0.1, 0.15) is 16.9 Å². The van der Waals surface area contributed by atoms with Crippen molar-refractivity contribution in [3.63, 3.8) is 0 Å². The summed E-state index contributed by atoms with van der Waals surface area (Å²) in [7, 11) is 3.24. The Hall–Kier alpha value is -1.76. The highest BCUT2D eigenvalue weighted by Gasteiger charge is 2.21. The van der Waals surface area contributed by atoms with Gasteiger partial charge in [0.1, 0.15) is 0 Å². The molecule has 1 amide bonds. The van der Waals surface area contributed by atoms with Crippen LogP contribution in [0.3, 0.4) is 0 Å². The fraction of sp³-hybridized carbons (Fsp3) is 0.450. The molecule has 5 nitrogen and oxygen atoms in total. The van der Waals surface area contributed by atoms with Gasteiger partial charge in [-0.1, -0.05) is 17.7 Å². The summed E-state index contributed by atoms with van der Waals surface area (Å²) in [5.41, 5.74) is 1.08. The summed E-state index contributed by atoms with van der Waals surface area (Å²) >= 11 is 7.62. The van der Waals surface area contributed by atoms with Gasteiger partial charge in [-0.2, -0.15) is 0 Å². The second-order valence-corrected chi connectivity index (χ2v) is 8.35. The molecule has 0 unspecified atom stereocenters. The number of hydrogen-bond acceptors (Lipinski definition) is 5. The van der Waals surface area contributed by atoms with Gasteiger partial charge in [-0.3, -0.25) is 9.69 Å². The van der Waals surface area contributed by atoms with Crippen molar-refractivity contribution in [2.45, 2.75) is 19.4 Å². The number of aryl methyl sites for hydroxylation is 1. The second kappa shape index (κ2) is 9.44. The Labute approximate surface area is 169 Å². The number of carbonyl (C=O) groups excluding carboxylic acids is 1. The molecule has 0 aliphatic carbocycles. The molecule has 1 fully saturated rings. The van der Waals surface area contributed by atoms with Crippen molar-refractivity contribution >= 4 is 28.8 Å². The lowest BCUT2D eigenvalue weighted by Gasteiger charge is -2.34. The number of piperazine rings is 1. The van der Waals surface area contributed by atoms with E-state index < -0.39 is 0 Å². The molecule has 0 N–H and O–H groups in total. The Kier molecular flexibility index (Phi) is 6.99. The van der Waals surface area contributed by atoms with Crippen LogP contribution < -0.4 is 9.47 Å². The van der Waals surface area contributed by atoms with E-state index in [4.69, 9.17) is 21.1 Å². The van der Waals surface area contributed by atoms with E-state index in [9.17, 15) is 4.79 Å². The first-order valence-electron chi connectivity index (χ1n) is 9.04. The van der Waals surface area contributed by atoms with Crippen LogP contribution in [0.15, 0.2) is 30.3 Å². The second-order valence-electron chi connectivity index (χ2n) is 6.55. The molecule has 0 radical (unpaired) electrons. The largest absolute Gasteiger partial charge is 0.493 e. The highest BCUT2D eigenvalue weighted by Crippen LogP contribution is 2.28. The predicted molar refractivity (Wildman–Crippen MR) is 109 cm³/mol. The third kappa shape index (κ3) is 5.37. The summed E-state index contributed by atoms with van der Waals surface area (Å²) in [5.74, 6) is 1.61. The molecule has 1 aliphatic rings. The van der Waals surface area contributed by atoms with Crippen LogP contribution >= 0.6 is 22.9 Å². The Morgan fingerprint density at radius 2 is 1.81 bits per heavy atom. The van der Waals surface area contributed by atoms with Crippen LogP contribution in [0.25, 0.3) is 0 Å². The Morgan fingerprint density at radius 1 is 1.07 bits per heavy atom. The van der Waals surface area contributed by atoms with Crippen LogP contribution in [-0.4, -0.2) is 56.1 Å². The molecule has 7 heteroatoms. The average molecular weight is 409 g/mol. The lowest BCUT2D eigenvalue weighted by Crippen LogP contribution is -2.48. The third-order valence-corrected chi connectivity index (χ3v) is 6.02. The van der Waals surface area contributed by atoms with Crippen LogP contribution in [0.5, 0.6) is 11.5 Å². The summed E-state index contributed by atoms with van der Waals surface area (Å²) in [4.78, 5) is 18.2. The van der Waals surface area contributed by atoms with Crippen LogP contribution in [-0.2, 0) is 17.8 Å². The van der Waals surface area contributed by atoms with E-state index >= 15 is 0 Å². The van der Waals surface area contributed by atoms with E-state index in [0.717, 1.165) is 42.6 Å². The van der Waals surface area contributed by atoms with Crippen molar-refractivity contribution in [2.24, 2.45) is 0 Å². The topological polar surface area (TPSA) is 42.0 Å². The summed E-state index contributed by atoms with van der Waals surface area (Å²) in [6, 6.07) is 9.83. The summed E-state index contributed by atoms with van der Waals surface area (Å²) in [5, 5.41) is 0. The molecule has 3 rings (SSSR count). The predicted octanol–water partition coefficient (Wildman–Crippen LogP) is 3.70. The van der Waals surface area contributed by atoms with Gasteiger partial charge in [0, 0.05) is 44.0 Å². The van der Waals surface area contributed by atoms with Gasteiger partial charge in [0.05, 0.1) is 18.6 Å². The minimum atomic E-state index is 0.212. The van der Waals surface area contributed by atoms with Crippen LogP contribution in [0.4, 0.5) is 0 Å². The molecule has 0 atom stereocenters. The monoisotopic (exact) mass is 408 g/mol. The Balaban J connectivity index is 1.45. The lowest BCUT2D eigenvalue weighted by molar-refractivity contribution is -0.132. The Bertz CT molecular complexity index is 772. The SMILES string of the molecule is COc1ccc(CCC(=O)N2CCN(Cc3ccc(Cl)s3)CC2)cc1OC. The summed E-state index contributed by atoms with van der Waals surface area (Å²) in [6.07, 6.45) is 1.21. The van der Waals surface area contributed by atoms with E-state index in [2.05, 4.69) is 11.0 Å². The molecule has 0 spiro atoms. The van der Waals surface area contributed by atoms with E-state index in [1.807, 2.05) is 29.2 Å². The van der Waals surface area contributed by atoms with Gasteiger partial charge < -0.3 is 14.4 Å². The zero-order valence-electron chi connectivity index (χ0n) is 15.7. The minimum absolute atomic E-state index is 0.212. The third-order valence-electron chi connectivity index (χ3n) is 4.81. The normalized spacial score (nSPS) is 15.0. The first-order valence-corrected chi connectivity index (χ1v) is 10.2. The van der Waals surface area contributed by atoms with Gasteiger partial charge in [-0.25, -0.2) is 0 Å². The molecule has 2 heterocycles. The minimum Gasteiger partial charge on any atom is -0.493 e. The maximum absolute atomic E-state index is 12.6. The van der Waals surface area contributed by atoms with Gasteiger partial charge in [0.15, 0.2) is 11.5 Å². The van der Waals surface area contributed by atoms with E-state index in [1.54, 1.807) is 25.6 Å². The fourth-order valence-corrected chi connectivity index (χ4v) is 4.39. The number of methoxy groups -OCH3 is 2. The first-order chi connectivity index (χ1) is 13.1.